The molecule has 0 unspecified atom stereocenters. The van der Waals surface area contributed by atoms with E-state index >= 15 is 4.39 Å². The third-order valence-corrected chi connectivity index (χ3v) is 8.27. The minimum Gasteiger partial charge on any atom is -0.389 e. The molecular weight excluding hydrogens is 471 g/mol. The second-order valence-electron chi connectivity index (χ2n) is 10.4. The summed E-state index contributed by atoms with van der Waals surface area (Å²) in [6.45, 7) is 5.70. The zero-order valence-electron chi connectivity index (χ0n) is 19.9. The summed E-state index contributed by atoms with van der Waals surface area (Å²) in [4.78, 5) is 11.2. The van der Waals surface area contributed by atoms with E-state index in [1.54, 1.807) is 12.4 Å². The number of fused-ring (bicyclic) bond motifs is 1. The number of piperidine rings is 1. The smallest absolute Gasteiger partial charge is 0.227 e. The lowest BCUT2D eigenvalue weighted by atomic mass is 9.82. The Bertz CT molecular complexity index is 1270. The fraction of sp³-hybridized carbons (Fsp3) is 0.560. The Morgan fingerprint density at radius 1 is 1.26 bits per heavy atom. The van der Waals surface area contributed by atoms with Gasteiger partial charge in [0.1, 0.15) is 6.17 Å². The topological polar surface area (TPSA) is 88.3 Å². The van der Waals surface area contributed by atoms with Gasteiger partial charge in [-0.3, -0.25) is 4.90 Å². The number of hydrogen-bond acceptors (Lipinski definition) is 7. The third kappa shape index (κ3) is 4.08. The van der Waals surface area contributed by atoms with Crippen LogP contribution >= 0.6 is 11.6 Å². The van der Waals surface area contributed by atoms with Crippen LogP contribution in [0.15, 0.2) is 24.5 Å². The van der Waals surface area contributed by atoms with E-state index in [-0.39, 0.29) is 12.5 Å². The number of hydrogen-bond donors (Lipinski definition) is 2. The lowest BCUT2D eigenvalue weighted by Crippen LogP contribution is -2.58. The van der Waals surface area contributed by atoms with Crippen LogP contribution in [-0.2, 0) is 4.74 Å². The highest BCUT2D eigenvalue weighted by atomic mass is 35.5. The highest BCUT2D eigenvalue weighted by molar-refractivity contribution is 6.32. The van der Waals surface area contributed by atoms with Crippen molar-refractivity contribution < 1.29 is 14.2 Å². The molecule has 1 saturated carbocycles. The van der Waals surface area contributed by atoms with Crippen molar-refractivity contribution in [1.82, 2.24) is 24.6 Å². The molecule has 3 aliphatic rings. The van der Waals surface area contributed by atoms with E-state index in [1.165, 1.54) is 0 Å². The van der Waals surface area contributed by atoms with Gasteiger partial charge in [-0.15, -0.1) is 0 Å². The Balaban J connectivity index is 1.24. The highest BCUT2D eigenvalue weighted by Gasteiger charge is 2.47. The molecule has 1 aliphatic carbocycles. The van der Waals surface area contributed by atoms with Crippen molar-refractivity contribution in [2.75, 3.05) is 31.6 Å². The molecule has 6 rings (SSSR count). The van der Waals surface area contributed by atoms with Gasteiger partial charge in [0.15, 0.2) is 5.15 Å². The van der Waals surface area contributed by atoms with Gasteiger partial charge in [0.05, 0.1) is 48.3 Å². The van der Waals surface area contributed by atoms with Crippen molar-refractivity contribution in [3.05, 3.63) is 40.8 Å². The van der Waals surface area contributed by atoms with E-state index in [1.807, 2.05) is 30.7 Å². The van der Waals surface area contributed by atoms with Gasteiger partial charge in [-0.25, -0.2) is 19.0 Å². The molecule has 0 bridgehead atoms. The van der Waals surface area contributed by atoms with E-state index in [4.69, 9.17) is 21.3 Å². The van der Waals surface area contributed by atoms with E-state index in [2.05, 4.69) is 20.3 Å². The molecule has 0 radical (unpaired) electrons. The Morgan fingerprint density at radius 3 is 2.80 bits per heavy atom. The van der Waals surface area contributed by atoms with Crippen molar-refractivity contribution in [3.8, 4) is 0 Å². The highest BCUT2D eigenvalue weighted by Crippen LogP contribution is 2.40. The maximum absolute atomic E-state index is 15.6. The monoisotopic (exact) mass is 500 g/mol. The van der Waals surface area contributed by atoms with Gasteiger partial charge in [-0.1, -0.05) is 11.6 Å². The summed E-state index contributed by atoms with van der Waals surface area (Å²) >= 11 is 6.48. The molecule has 0 spiro atoms. The molecule has 2 aromatic heterocycles. The van der Waals surface area contributed by atoms with Crippen molar-refractivity contribution in [2.45, 2.75) is 62.9 Å². The normalized spacial score (nSPS) is 29.7. The maximum Gasteiger partial charge on any atom is 0.227 e. The van der Waals surface area contributed by atoms with Gasteiger partial charge in [0, 0.05) is 24.0 Å². The molecular formula is C25H30ClFN6O2. The van der Waals surface area contributed by atoms with Crippen LogP contribution in [0.4, 0.5) is 16.0 Å². The van der Waals surface area contributed by atoms with Gasteiger partial charge >= 0.3 is 0 Å². The summed E-state index contributed by atoms with van der Waals surface area (Å²) in [5.41, 5.74) is 2.91. The second-order valence-corrected chi connectivity index (χ2v) is 10.7. The number of nitrogens with one attached hydrogen (secondary N) is 1. The zero-order chi connectivity index (χ0) is 24.3. The molecule has 0 amide bonds. The number of alkyl halides is 1. The van der Waals surface area contributed by atoms with Gasteiger partial charge in [0.2, 0.25) is 5.95 Å². The minimum atomic E-state index is -1.05. The Morgan fingerprint density at radius 2 is 2.09 bits per heavy atom. The van der Waals surface area contributed by atoms with Crippen LogP contribution in [0.3, 0.4) is 0 Å². The number of rotatable bonds is 5. The first-order valence-corrected chi connectivity index (χ1v) is 12.6. The van der Waals surface area contributed by atoms with E-state index in [9.17, 15) is 5.11 Å². The van der Waals surface area contributed by atoms with Crippen molar-refractivity contribution in [3.63, 3.8) is 0 Å². The fourth-order valence-corrected chi connectivity index (χ4v) is 5.75. The molecule has 3 aromatic rings. The van der Waals surface area contributed by atoms with Crippen molar-refractivity contribution in [1.29, 1.82) is 0 Å². The molecule has 2 N–H and O–H groups in total. The average Bonchev–Trinajstić information content (AvgIpc) is 3.54. The Labute approximate surface area is 208 Å². The molecule has 4 atom stereocenters. The van der Waals surface area contributed by atoms with Crippen LogP contribution in [0.5, 0.6) is 0 Å². The average molecular weight is 501 g/mol. The van der Waals surface area contributed by atoms with Gasteiger partial charge in [-0.05, 0) is 62.9 Å². The first-order chi connectivity index (χ1) is 16.8. The number of halogens is 2. The van der Waals surface area contributed by atoms with Crippen LogP contribution < -0.4 is 5.32 Å². The van der Waals surface area contributed by atoms with Gasteiger partial charge < -0.3 is 15.2 Å². The maximum atomic E-state index is 15.6. The lowest BCUT2D eigenvalue weighted by molar-refractivity contribution is -0.0238. The lowest BCUT2D eigenvalue weighted by Gasteiger charge is -2.45. The molecule has 35 heavy (non-hydrogen) atoms. The van der Waals surface area contributed by atoms with Crippen LogP contribution in [0, 0.1) is 6.92 Å². The van der Waals surface area contributed by atoms with E-state index in [0.717, 1.165) is 34.9 Å². The quantitative estimate of drug-likeness (QED) is 0.544. The van der Waals surface area contributed by atoms with E-state index < -0.39 is 17.8 Å². The number of nitrogens with zero attached hydrogens (tertiary/aromatic N) is 5. The number of aryl methyl sites for hydroxylation is 1. The number of benzene rings is 1. The molecule has 2 saturated heterocycles. The molecule has 3 fully saturated rings. The molecule has 10 heteroatoms. The summed E-state index contributed by atoms with van der Waals surface area (Å²) in [7, 11) is 0. The van der Waals surface area contributed by atoms with Crippen LogP contribution in [-0.4, -0.2) is 73.9 Å². The standard InChI is InChI=1S/C25H30ClFN6O2/c1-14-7-15-9-28-24(31-21-10-29-33(23(21)26)16-3-4-16)30-20(15)8-18(14)17-5-6-32(11-19(17)27)25(2)13-35-12-22(25)34/h7-10,16-17,19,22,34H,3-6,11-13H2,1-2H3,(H,28,30,31)/t17-,19+,22-,25+/m0/s1. The number of aliphatic hydroxyl groups excluding tert-OH is 1. The number of aliphatic hydroxyl groups is 1. The van der Waals surface area contributed by atoms with E-state index in [0.29, 0.717) is 49.0 Å². The summed E-state index contributed by atoms with van der Waals surface area (Å²) in [5, 5.41) is 19.4. The predicted molar refractivity (Wildman–Crippen MR) is 132 cm³/mol. The Kier molecular flexibility index (Phi) is 5.71. The van der Waals surface area contributed by atoms with Crippen LogP contribution in [0.25, 0.3) is 10.9 Å². The SMILES string of the molecule is Cc1cc2cnc(Nc3cnn(C4CC4)c3Cl)nc2cc1[C@@H]1CCN([C@]2(C)COC[C@@H]2O)C[C@H]1F. The summed E-state index contributed by atoms with van der Waals surface area (Å²) in [6.07, 6.45) is 4.69. The first-order valence-electron chi connectivity index (χ1n) is 12.3. The largest absolute Gasteiger partial charge is 0.389 e. The Hall–Kier alpha value is -2.33. The van der Waals surface area contributed by atoms with Crippen LogP contribution in [0.2, 0.25) is 5.15 Å². The molecule has 2 aliphatic heterocycles. The third-order valence-electron chi connectivity index (χ3n) is 7.89. The predicted octanol–water partition coefficient (Wildman–Crippen LogP) is 4.14. The zero-order valence-corrected chi connectivity index (χ0v) is 20.7. The number of likely N-dealkylation sites (tertiary alicyclic amines) is 1. The fourth-order valence-electron chi connectivity index (χ4n) is 5.47. The van der Waals surface area contributed by atoms with Gasteiger partial charge in [0.25, 0.3) is 0 Å². The number of ether oxygens (including phenoxy) is 1. The summed E-state index contributed by atoms with van der Waals surface area (Å²) in [5.74, 6) is 0.204. The van der Waals surface area contributed by atoms with Crippen LogP contribution in [0.1, 0.15) is 49.3 Å². The molecule has 8 nitrogen and oxygen atoms in total. The minimum absolute atomic E-state index is 0.226. The van der Waals surface area contributed by atoms with Gasteiger partial charge in [-0.2, -0.15) is 5.10 Å². The molecule has 1 aromatic carbocycles. The summed E-state index contributed by atoms with van der Waals surface area (Å²) < 4.78 is 22.9. The summed E-state index contributed by atoms with van der Waals surface area (Å²) in [6, 6.07) is 4.41. The first kappa shape index (κ1) is 23.1. The molecule has 186 valence electrons. The number of aromatic nitrogens is 4. The molecule has 4 heterocycles. The number of anilines is 2. The van der Waals surface area contributed by atoms with Crippen molar-refractivity contribution >= 4 is 34.1 Å². The second kappa shape index (κ2) is 8.65. The van der Waals surface area contributed by atoms with Crippen molar-refractivity contribution in [2.24, 2.45) is 0 Å².